The van der Waals surface area contributed by atoms with Gasteiger partial charge in [0.15, 0.2) is 18.1 Å². The Kier molecular flexibility index (Phi) is 6.39. The van der Waals surface area contributed by atoms with Crippen molar-refractivity contribution in [1.82, 2.24) is 0 Å². The Bertz CT molecular complexity index is 772. The number of nitrogens with zero attached hydrogens (tertiary/aromatic N) is 1. The minimum atomic E-state index is -0.253. The van der Waals surface area contributed by atoms with E-state index in [1.807, 2.05) is 39.0 Å². The average molecular weight is 342 g/mol. The third-order valence-electron chi connectivity index (χ3n) is 3.71. The van der Waals surface area contributed by atoms with E-state index >= 15 is 0 Å². The Morgan fingerprint density at radius 3 is 2.72 bits per heavy atom. The van der Waals surface area contributed by atoms with Crippen molar-refractivity contribution < 1.29 is 19.5 Å². The molecule has 6 heteroatoms. The number of oxime groups is 1. The minimum Gasteiger partial charge on any atom is -0.490 e. The molecule has 0 aliphatic heterocycles. The van der Waals surface area contributed by atoms with Crippen LogP contribution in [0.2, 0.25) is 0 Å². The van der Waals surface area contributed by atoms with E-state index in [1.54, 1.807) is 18.2 Å². The van der Waals surface area contributed by atoms with Crippen LogP contribution in [0.25, 0.3) is 0 Å². The lowest BCUT2D eigenvalue weighted by atomic mass is 10.1. The summed E-state index contributed by atoms with van der Waals surface area (Å²) in [6.07, 6.45) is 1.29. The van der Waals surface area contributed by atoms with Gasteiger partial charge in [-0.2, -0.15) is 0 Å². The van der Waals surface area contributed by atoms with E-state index in [1.165, 1.54) is 6.21 Å². The number of anilines is 1. The summed E-state index contributed by atoms with van der Waals surface area (Å²) in [5.74, 6) is 0.685. The predicted molar refractivity (Wildman–Crippen MR) is 97.0 cm³/mol. The SMILES string of the molecule is CCOc1cc(/C=N/O)ccc1OCC(=O)Nc1cccc(C)c1C. The Morgan fingerprint density at radius 2 is 2.00 bits per heavy atom. The molecule has 0 saturated carbocycles. The van der Waals surface area contributed by atoms with Crippen LogP contribution in [0.3, 0.4) is 0 Å². The van der Waals surface area contributed by atoms with Crippen LogP contribution in [-0.2, 0) is 4.79 Å². The minimum absolute atomic E-state index is 0.138. The molecule has 2 aromatic carbocycles. The Balaban J connectivity index is 2.04. The standard InChI is InChI=1S/C19H22N2O4/c1-4-24-18-10-15(11-20-23)8-9-17(18)25-12-19(22)21-16-7-5-6-13(2)14(16)3/h5-11,23H,4,12H2,1-3H3,(H,21,22)/b20-11+. The highest BCUT2D eigenvalue weighted by Crippen LogP contribution is 2.28. The molecule has 0 heterocycles. The molecule has 0 saturated heterocycles. The molecular weight excluding hydrogens is 320 g/mol. The molecule has 0 unspecified atom stereocenters. The summed E-state index contributed by atoms with van der Waals surface area (Å²) in [5, 5.41) is 14.4. The zero-order valence-electron chi connectivity index (χ0n) is 14.6. The summed E-state index contributed by atoms with van der Waals surface area (Å²) >= 11 is 0. The van der Waals surface area contributed by atoms with E-state index in [2.05, 4.69) is 10.5 Å². The highest BCUT2D eigenvalue weighted by atomic mass is 16.5. The molecule has 0 aliphatic carbocycles. The molecule has 6 nitrogen and oxygen atoms in total. The van der Waals surface area contributed by atoms with Gasteiger partial charge >= 0.3 is 0 Å². The molecule has 0 spiro atoms. The van der Waals surface area contributed by atoms with Crippen LogP contribution in [0.4, 0.5) is 5.69 Å². The van der Waals surface area contributed by atoms with Gasteiger partial charge in [0.1, 0.15) is 0 Å². The summed E-state index contributed by atoms with van der Waals surface area (Å²) in [6.45, 7) is 6.11. The van der Waals surface area contributed by atoms with Gasteiger partial charge < -0.3 is 20.0 Å². The summed E-state index contributed by atoms with van der Waals surface area (Å²) < 4.78 is 11.1. The second kappa shape index (κ2) is 8.73. The largest absolute Gasteiger partial charge is 0.490 e. The van der Waals surface area contributed by atoms with Crippen molar-refractivity contribution >= 4 is 17.8 Å². The maximum absolute atomic E-state index is 12.2. The van der Waals surface area contributed by atoms with Gasteiger partial charge in [-0.05, 0) is 56.2 Å². The van der Waals surface area contributed by atoms with Gasteiger partial charge in [-0.15, -0.1) is 0 Å². The van der Waals surface area contributed by atoms with E-state index in [4.69, 9.17) is 14.7 Å². The molecule has 2 rings (SSSR count). The van der Waals surface area contributed by atoms with Crippen molar-refractivity contribution in [2.45, 2.75) is 20.8 Å². The predicted octanol–water partition coefficient (Wildman–Crippen LogP) is 3.53. The number of nitrogens with one attached hydrogen (secondary N) is 1. The molecule has 0 bridgehead atoms. The first-order valence-corrected chi connectivity index (χ1v) is 7.98. The molecule has 0 aliphatic rings. The van der Waals surface area contributed by atoms with E-state index in [0.717, 1.165) is 16.8 Å². The van der Waals surface area contributed by atoms with Gasteiger partial charge in [0, 0.05) is 11.3 Å². The number of benzene rings is 2. The first-order chi connectivity index (χ1) is 12.0. The zero-order chi connectivity index (χ0) is 18.2. The average Bonchev–Trinajstić information content (AvgIpc) is 2.59. The number of carbonyl (C=O) groups excluding carboxylic acids is 1. The van der Waals surface area contributed by atoms with Gasteiger partial charge in [0.05, 0.1) is 12.8 Å². The number of hydrogen-bond acceptors (Lipinski definition) is 5. The number of aryl methyl sites for hydroxylation is 1. The molecule has 1 amide bonds. The quantitative estimate of drug-likeness (QED) is 0.458. The lowest BCUT2D eigenvalue weighted by molar-refractivity contribution is -0.118. The zero-order valence-corrected chi connectivity index (χ0v) is 14.6. The van der Waals surface area contributed by atoms with Crippen LogP contribution in [-0.4, -0.2) is 30.5 Å². The lowest BCUT2D eigenvalue weighted by Gasteiger charge is -2.13. The number of amides is 1. The smallest absolute Gasteiger partial charge is 0.262 e. The van der Waals surface area contributed by atoms with E-state index < -0.39 is 0 Å². The molecule has 0 fully saturated rings. The van der Waals surface area contributed by atoms with Crippen LogP contribution < -0.4 is 14.8 Å². The van der Waals surface area contributed by atoms with Crippen molar-refractivity contribution in [1.29, 1.82) is 0 Å². The number of rotatable bonds is 7. The monoisotopic (exact) mass is 342 g/mol. The number of carbonyl (C=O) groups is 1. The molecule has 25 heavy (non-hydrogen) atoms. The van der Waals surface area contributed by atoms with Crippen LogP contribution in [0.1, 0.15) is 23.6 Å². The van der Waals surface area contributed by atoms with Gasteiger partial charge in [0.25, 0.3) is 5.91 Å². The molecule has 2 aromatic rings. The maximum atomic E-state index is 12.2. The first-order valence-electron chi connectivity index (χ1n) is 7.98. The van der Waals surface area contributed by atoms with Crippen molar-refractivity contribution in [2.75, 3.05) is 18.5 Å². The number of ether oxygens (including phenoxy) is 2. The molecule has 2 N–H and O–H groups in total. The molecule has 0 radical (unpaired) electrons. The first kappa shape index (κ1) is 18.3. The Hall–Kier alpha value is -3.02. The summed E-state index contributed by atoms with van der Waals surface area (Å²) in [4.78, 5) is 12.2. The van der Waals surface area contributed by atoms with Crippen molar-refractivity contribution in [2.24, 2.45) is 5.16 Å². The van der Waals surface area contributed by atoms with Gasteiger partial charge in [0.2, 0.25) is 0 Å². The van der Waals surface area contributed by atoms with E-state index in [0.29, 0.717) is 23.7 Å². The lowest BCUT2D eigenvalue weighted by Crippen LogP contribution is -2.21. The Labute approximate surface area is 147 Å². The maximum Gasteiger partial charge on any atom is 0.262 e. The fourth-order valence-electron chi connectivity index (χ4n) is 2.28. The normalized spacial score (nSPS) is 10.7. The Morgan fingerprint density at radius 1 is 1.20 bits per heavy atom. The molecular formula is C19H22N2O4. The topological polar surface area (TPSA) is 80.2 Å². The molecule has 132 valence electrons. The van der Waals surface area contributed by atoms with Crippen molar-refractivity contribution in [3.05, 3.63) is 53.1 Å². The van der Waals surface area contributed by atoms with Gasteiger partial charge in [-0.3, -0.25) is 4.79 Å². The van der Waals surface area contributed by atoms with Crippen LogP contribution in [0.15, 0.2) is 41.6 Å². The molecule has 0 aromatic heterocycles. The highest BCUT2D eigenvalue weighted by Gasteiger charge is 2.10. The van der Waals surface area contributed by atoms with Gasteiger partial charge in [-0.1, -0.05) is 17.3 Å². The third kappa shape index (κ3) is 4.97. The second-order valence-corrected chi connectivity index (χ2v) is 5.47. The summed E-state index contributed by atoms with van der Waals surface area (Å²) in [7, 11) is 0. The third-order valence-corrected chi connectivity index (χ3v) is 3.71. The molecule has 0 atom stereocenters. The fraction of sp³-hybridized carbons (Fsp3) is 0.263. The summed E-state index contributed by atoms with van der Waals surface area (Å²) in [5.41, 5.74) is 3.57. The van der Waals surface area contributed by atoms with E-state index in [9.17, 15) is 4.79 Å². The van der Waals surface area contributed by atoms with Gasteiger partial charge in [-0.25, -0.2) is 0 Å². The fourth-order valence-corrected chi connectivity index (χ4v) is 2.28. The van der Waals surface area contributed by atoms with Crippen molar-refractivity contribution in [3.8, 4) is 11.5 Å². The number of hydrogen-bond donors (Lipinski definition) is 2. The highest BCUT2D eigenvalue weighted by molar-refractivity contribution is 5.92. The van der Waals surface area contributed by atoms with Crippen LogP contribution in [0.5, 0.6) is 11.5 Å². The van der Waals surface area contributed by atoms with Crippen molar-refractivity contribution in [3.63, 3.8) is 0 Å². The van der Waals surface area contributed by atoms with Crippen LogP contribution in [0, 0.1) is 13.8 Å². The second-order valence-electron chi connectivity index (χ2n) is 5.47. The van der Waals surface area contributed by atoms with Crippen LogP contribution >= 0.6 is 0 Å². The van der Waals surface area contributed by atoms with E-state index in [-0.39, 0.29) is 12.5 Å². The summed E-state index contributed by atoms with van der Waals surface area (Å²) in [6, 6.07) is 10.8.